The summed E-state index contributed by atoms with van der Waals surface area (Å²) >= 11 is 1.50. The molecule has 0 amide bonds. The summed E-state index contributed by atoms with van der Waals surface area (Å²) in [6.45, 7) is 2.04. The molecule has 23 heavy (non-hydrogen) atoms. The summed E-state index contributed by atoms with van der Waals surface area (Å²) in [6.07, 6.45) is 0. The SMILES string of the molecule is Br.Cc1ccc(Nc2nc(-c3ccc([N+](=O)[O-])cc3)cs2)cc1. The van der Waals surface area contributed by atoms with Crippen molar-refractivity contribution in [2.45, 2.75) is 6.92 Å². The predicted octanol–water partition coefficient (Wildman–Crippen LogP) is 5.35. The van der Waals surface area contributed by atoms with Crippen molar-refractivity contribution < 1.29 is 4.92 Å². The molecule has 0 fully saturated rings. The number of non-ortho nitro benzene ring substituents is 1. The number of nitrogens with zero attached hydrogens (tertiary/aromatic N) is 2. The fraction of sp³-hybridized carbons (Fsp3) is 0.0625. The van der Waals surface area contributed by atoms with Gasteiger partial charge in [0.25, 0.3) is 5.69 Å². The van der Waals surface area contributed by atoms with Crippen LogP contribution in [0.1, 0.15) is 5.56 Å². The van der Waals surface area contributed by atoms with Gasteiger partial charge in [-0.25, -0.2) is 4.98 Å². The largest absolute Gasteiger partial charge is 0.332 e. The van der Waals surface area contributed by atoms with Gasteiger partial charge in [0, 0.05) is 28.8 Å². The van der Waals surface area contributed by atoms with Gasteiger partial charge in [0.1, 0.15) is 0 Å². The van der Waals surface area contributed by atoms with Gasteiger partial charge in [-0.05, 0) is 31.2 Å². The predicted molar refractivity (Wildman–Crippen MR) is 99.0 cm³/mol. The number of rotatable bonds is 4. The average molecular weight is 392 g/mol. The second-order valence-electron chi connectivity index (χ2n) is 4.83. The van der Waals surface area contributed by atoms with E-state index in [4.69, 9.17) is 0 Å². The van der Waals surface area contributed by atoms with Crippen LogP contribution in [0.5, 0.6) is 0 Å². The number of aromatic nitrogens is 1. The van der Waals surface area contributed by atoms with Crippen LogP contribution in [0.3, 0.4) is 0 Å². The highest BCUT2D eigenvalue weighted by Crippen LogP contribution is 2.28. The van der Waals surface area contributed by atoms with E-state index in [0.717, 1.165) is 22.1 Å². The number of aryl methyl sites for hydroxylation is 1. The van der Waals surface area contributed by atoms with Crippen molar-refractivity contribution in [2.24, 2.45) is 0 Å². The first-order chi connectivity index (χ1) is 10.6. The van der Waals surface area contributed by atoms with Crippen LogP contribution < -0.4 is 5.32 Å². The molecule has 1 aromatic heterocycles. The first-order valence-electron chi connectivity index (χ1n) is 6.66. The maximum Gasteiger partial charge on any atom is 0.269 e. The van der Waals surface area contributed by atoms with Crippen LogP contribution in [-0.2, 0) is 0 Å². The molecule has 7 heteroatoms. The van der Waals surface area contributed by atoms with Crippen molar-refractivity contribution in [3.8, 4) is 11.3 Å². The number of nitrogens with one attached hydrogen (secondary N) is 1. The molecule has 0 spiro atoms. The number of thiazole rings is 1. The lowest BCUT2D eigenvalue weighted by Gasteiger charge is -2.02. The van der Waals surface area contributed by atoms with Gasteiger partial charge in [-0.3, -0.25) is 10.1 Å². The molecule has 0 saturated heterocycles. The van der Waals surface area contributed by atoms with Gasteiger partial charge in [-0.15, -0.1) is 28.3 Å². The number of benzene rings is 2. The summed E-state index contributed by atoms with van der Waals surface area (Å²) in [4.78, 5) is 14.8. The van der Waals surface area contributed by atoms with E-state index in [1.807, 2.05) is 36.6 Å². The van der Waals surface area contributed by atoms with Crippen LogP contribution in [0, 0.1) is 17.0 Å². The van der Waals surface area contributed by atoms with E-state index in [9.17, 15) is 10.1 Å². The minimum atomic E-state index is -0.408. The van der Waals surface area contributed by atoms with Crippen molar-refractivity contribution in [1.82, 2.24) is 4.98 Å². The number of anilines is 2. The van der Waals surface area contributed by atoms with Crippen LogP contribution in [0.25, 0.3) is 11.3 Å². The minimum absolute atomic E-state index is 0. The number of halogens is 1. The zero-order chi connectivity index (χ0) is 15.5. The maximum atomic E-state index is 10.7. The Bertz CT molecular complexity index is 801. The van der Waals surface area contributed by atoms with Crippen molar-refractivity contribution in [1.29, 1.82) is 0 Å². The number of nitro groups is 1. The molecule has 5 nitrogen and oxygen atoms in total. The van der Waals surface area contributed by atoms with Crippen molar-refractivity contribution in [2.75, 3.05) is 5.32 Å². The Kier molecular flexibility index (Phi) is 5.46. The Morgan fingerprint density at radius 1 is 1.09 bits per heavy atom. The first-order valence-corrected chi connectivity index (χ1v) is 7.54. The quantitative estimate of drug-likeness (QED) is 0.480. The molecule has 0 aliphatic heterocycles. The van der Waals surface area contributed by atoms with Crippen LogP contribution in [0.2, 0.25) is 0 Å². The normalized spacial score (nSPS) is 9.96. The van der Waals surface area contributed by atoms with Crippen molar-refractivity contribution in [3.05, 3.63) is 69.6 Å². The Balaban J connectivity index is 0.00000192. The van der Waals surface area contributed by atoms with E-state index in [0.29, 0.717) is 0 Å². The minimum Gasteiger partial charge on any atom is -0.332 e. The number of hydrogen-bond acceptors (Lipinski definition) is 5. The number of nitro benzene ring substituents is 1. The van der Waals surface area contributed by atoms with Crippen LogP contribution >= 0.6 is 28.3 Å². The molecule has 2 aromatic carbocycles. The topological polar surface area (TPSA) is 68.1 Å². The standard InChI is InChI=1S/C16H13N3O2S.BrH/c1-11-2-6-13(7-3-11)17-16-18-15(10-22-16)12-4-8-14(9-5-12)19(20)21;/h2-10H,1H3,(H,17,18);1H. The summed E-state index contributed by atoms with van der Waals surface area (Å²) in [5.41, 5.74) is 3.93. The molecule has 0 radical (unpaired) electrons. The third kappa shape index (κ3) is 4.14. The molecule has 0 atom stereocenters. The average Bonchev–Trinajstić information content (AvgIpc) is 2.98. The molecule has 0 aliphatic rings. The maximum absolute atomic E-state index is 10.7. The monoisotopic (exact) mass is 391 g/mol. The zero-order valence-corrected chi connectivity index (χ0v) is 14.8. The number of hydrogen-bond donors (Lipinski definition) is 1. The van der Waals surface area contributed by atoms with Gasteiger partial charge in [-0.2, -0.15) is 0 Å². The lowest BCUT2D eigenvalue weighted by molar-refractivity contribution is -0.384. The molecule has 0 aliphatic carbocycles. The molecule has 0 unspecified atom stereocenters. The highest BCUT2D eigenvalue weighted by atomic mass is 79.9. The molecule has 118 valence electrons. The van der Waals surface area contributed by atoms with E-state index in [1.165, 1.54) is 29.0 Å². The Labute approximate surface area is 147 Å². The van der Waals surface area contributed by atoms with Crippen LogP contribution in [-0.4, -0.2) is 9.91 Å². The van der Waals surface area contributed by atoms with Gasteiger partial charge in [-0.1, -0.05) is 17.7 Å². The van der Waals surface area contributed by atoms with E-state index in [2.05, 4.69) is 10.3 Å². The van der Waals surface area contributed by atoms with Crippen molar-refractivity contribution in [3.63, 3.8) is 0 Å². The smallest absolute Gasteiger partial charge is 0.269 e. The molecular weight excluding hydrogens is 378 g/mol. The lowest BCUT2D eigenvalue weighted by atomic mass is 10.1. The first kappa shape index (κ1) is 17.1. The summed E-state index contributed by atoms with van der Waals surface area (Å²) in [6, 6.07) is 14.5. The van der Waals surface area contributed by atoms with Crippen LogP contribution in [0.15, 0.2) is 53.9 Å². The Hall–Kier alpha value is -2.25. The van der Waals surface area contributed by atoms with Gasteiger partial charge in [0.05, 0.1) is 10.6 Å². The molecule has 3 rings (SSSR count). The second kappa shape index (κ2) is 7.34. The fourth-order valence-electron chi connectivity index (χ4n) is 1.98. The highest BCUT2D eigenvalue weighted by molar-refractivity contribution is 8.93. The van der Waals surface area contributed by atoms with Gasteiger partial charge < -0.3 is 5.32 Å². The molecular formula is C16H14BrN3O2S. The lowest BCUT2D eigenvalue weighted by Crippen LogP contribution is -1.90. The van der Waals surface area contributed by atoms with E-state index in [-0.39, 0.29) is 22.7 Å². The summed E-state index contributed by atoms with van der Waals surface area (Å²) in [7, 11) is 0. The second-order valence-corrected chi connectivity index (χ2v) is 5.69. The van der Waals surface area contributed by atoms with Crippen LogP contribution in [0.4, 0.5) is 16.5 Å². The molecule has 0 bridgehead atoms. The zero-order valence-electron chi connectivity index (χ0n) is 12.2. The van der Waals surface area contributed by atoms with E-state index < -0.39 is 4.92 Å². The van der Waals surface area contributed by atoms with Gasteiger partial charge in [0.15, 0.2) is 5.13 Å². The fourth-order valence-corrected chi connectivity index (χ4v) is 2.72. The van der Waals surface area contributed by atoms with E-state index >= 15 is 0 Å². The highest BCUT2D eigenvalue weighted by Gasteiger charge is 2.08. The van der Waals surface area contributed by atoms with Crippen molar-refractivity contribution >= 4 is 44.8 Å². The Morgan fingerprint density at radius 2 is 1.74 bits per heavy atom. The third-order valence-electron chi connectivity index (χ3n) is 3.18. The van der Waals surface area contributed by atoms with E-state index in [1.54, 1.807) is 12.1 Å². The Morgan fingerprint density at radius 3 is 2.35 bits per heavy atom. The molecule has 1 heterocycles. The third-order valence-corrected chi connectivity index (χ3v) is 3.94. The summed E-state index contributed by atoms with van der Waals surface area (Å²) in [5.74, 6) is 0. The molecule has 0 saturated carbocycles. The summed E-state index contributed by atoms with van der Waals surface area (Å²) < 4.78 is 0. The van der Waals surface area contributed by atoms with Gasteiger partial charge in [0.2, 0.25) is 0 Å². The molecule has 3 aromatic rings. The molecule has 1 N–H and O–H groups in total. The summed E-state index contributed by atoms with van der Waals surface area (Å²) in [5, 5.41) is 16.6. The van der Waals surface area contributed by atoms with Gasteiger partial charge >= 0.3 is 0 Å².